The molecule has 128 valence electrons. The summed E-state index contributed by atoms with van der Waals surface area (Å²) in [5, 5.41) is 11.1. The molecule has 0 saturated carbocycles. The summed E-state index contributed by atoms with van der Waals surface area (Å²) in [4.78, 5) is 26.7. The number of hydrogen-bond donors (Lipinski definition) is 0. The van der Waals surface area contributed by atoms with Crippen molar-refractivity contribution >= 4 is 23.6 Å². The first kappa shape index (κ1) is 15.6. The van der Waals surface area contributed by atoms with Crippen LogP contribution in [0.5, 0.6) is 0 Å². The van der Waals surface area contributed by atoms with Crippen molar-refractivity contribution in [2.45, 2.75) is 0 Å². The minimum Gasteiger partial charge on any atom is -0.459 e. The van der Waals surface area contributed by atoms with Gasteiger partial charge < -0.3 is 13.6 Å². The topological polar surface area (TPSA) is 108 Å². The van der Waals surface area contributed by atoms with E-state index >= 15 is 0 Å². The Labute approximate surface area is 146 Å². The van der Waals surface area contributed by atoms with Crippen LogP contribution >= 0.6 is 0 Å². The third kappa shape index (κ3) is 2.80. The second-order valence-corrected chi connectivity index (χ2v) is 5.29. The summed E-state index contributed by atoms with van der Waals surface area (Å²) < 4.78 is 15.8. The molecule has 1 aliphatic rings. The second kappa shape index (κ2) is 6.17. The SMILES string of the molecule is O=C1OC(c2ccco2)=N/C1=C\c1ccc(-c2ccccc2[N+](=O)[O-])o1. The summed E-state index contributed by atoms with van der Waals surface area (Å²) in [6, 6.07) is 12.7. The number of nitrogens with zero attached hydrogens (tertiary/aromatic N) is 2. The Morgan fingerprint density at radius 3 is 2.65 bits per heavy atom. The standard InChI is InChI=1S/C18H10N2O6/c21-18-13(19-17(26-18)16-6-3-9-24-16)10-11-7-8-15(25-11)12-4-1-2-5-14(12)20(22)23/h1-10H/b13-10-. The Bertz CT molecular complexity index is 1060. The van der Waals surface area contributed by atoms with Crippen molar-refractivity contribution in [2.24, 2.45) is 4.99 Å². The van der Waals surface area contributed by atoms with Crippen LogP contribution in [0.3, 0.4) is 0 Å². The fourth-order valence-corrected chi connectivity index (χ4v) is 2.47. The summed E-state index contributed by atoms with van der Waals surface area (Å²) in [6.45, 7) is 0. The Morgan fingerprint density at radius 2 is 1.88 bits per heavy atom. The number of rotatable bonds is 4. The van der Waals surface area contributed by atoms with E-state index in [0.29, 0.717) is 22.8 Å². The lowest BCUT2D eigenvalue weighted by Crippen LogP contribution is -2.04. The van der Waals surface area contributed by atoms with Crippen molar-refractivity contribution in [3.8, 4) is 11.3 Å². The second-order valence-electron chi connectivity index (χ2n) is 5.29. The fourth-order valence-electron chi connectivity index (χ4n) is 2.47. The highest BCUT2D eigenvalue weighted by Gasteiger charge is 2.26. The third-order valence-corrected chi connectivity index (χ3v) is 3.62. The first-order valence-corrected chi connectivity index (χ1v) is 7.52. The van der Waals surface area contributed by atoms with E-state index in [4.69, 9.17) is 13.6 Å². The van der Waals surface area contributed by atoms with Crippen LogP contribution in [-0.2, 0) is 9.53 Å². The summed E-state index contributed by atoms with van der Waals surface area (Å²) in [7, 11) is 0. The van der Waals surface area contributed by atoms with Gasteiger partial charge in [-0.25, -0.2) is 9.79 Å². The van der Waals surface area contributed by atoms with Gasteiger partial charge in [0.05, 0.1) is 16.7 Å². The van der Waals surface area contributed by atoms with E-state index in [1.54, 1.807) is 42.5 Å². The van der Waals surface area contributed by atoms with Crippen molar-refractivity contribution in [2.75, 3.05) is 0 Å². The molecule has 3 aromatic rings. The highest BCUT2D eigenvalue weighted by molar-refractivity contribution is 6.11. The molecule has 0 N–H and O–H groups in total. The van der Waals surface area contributed by atoms with E-state index < -0.39 is 10.9 Å². The van der Waals surface area contributed by atoms with E-state index in [-0.39, 0.29) is 17.3 Å². The van der Waals surface area contributed by atoms with Gasteiger partial charge in [0.2, 0.25) is 0 Å². The molecule has 26 heavy (non-hydrogen) atoms. The molecule has 0 amide bonds. The zero-order chi connectivity index (χ0) is 18.1. The van der Waals surface area contributed by atoms with Crippen LogP contribution < -0.4 is 0 Å². The van der Waals surface area contributed by atoms with Crippen LogP contribution in [0.25, 0.3) is 17.4 Å². The quantitative estimate of drug-likeness (QED) is 0.306. The number of cyclic esters (lactones) is 1. The van der Waals surface area contributed by atoms with Crippen LogP contribution in [0.1, 0.15) is 11.5 Å². The average Bonchev–Trinajstić information content (AvgIpc) is 3.37. The van der Waals surface area contributed by atoms with Crippen molar-refractivity contribution in [3.05, 3.63) is 82.1 Å². The van der Waals surface area contributed by atoms with Gasteiger partial charge >= 0.3 is 5.97 Å². The Kier molecular flexibility index (Phi) is 3.70. The third-order valence-electron chi connectivity index (χ3n) is 3.62. The number of para-hydroxylation sites is 1. The zero-order valence-electron chi connectivity index (χ0n) is 13.1. The number of hydrogen-bond acceptors (Lipinski definition) is 7. The molecule has 1 aromatic carbocycles. The number of ether oxygens (including phenoxy) is 1. The zero-order valence-corrected chi connectivity index (χ0v) is 13.1. The maximum Gasteiger partial charge on any atom is 0.364 e. The van der Waals surface area contributed by atoms with E-state index in [9.17, 15) is 14.9 Å². The van der Waals surface area contributed by atoms with Gasteiger partial charge in [0.1, 0.15) is 11.5 Å². The van der Waals surface area contributed by atoms with Gasteiger partial charge in [-0.15, -0.1) is 0 Å². The molecule has 0 aliphatic carbocycles. The molecule has 0 atom stereocenters. The summed E-state index contributed by atoms with van der Waals surface area (Å²) >= 11 is 0. The molecule has 8 heteroatoms. The molecule has 8 nitrogen and oxygen atoms in total. The van der Waals surface area contributed by atoms with Gasteiger partial charge in [0, 0.05) is 12.1 Å². The predicted molar refractivity (Wildman–Crippen MR) is 90.1 cm³/mol. The lowest BCUT2D eigenvalue weighted by atomic mass is 10.1. The molecule has 0 fully saturated rings. The van der Waals surface area contributed by atoms with E-state index in [2.05, 4.69) is 4.99 Å². The Hall–Kier alpha value is -3.94. The van der Waals surface area contributed by atoms with Crippen LogP contribution in [-0.4, -0.2) is 16.8 Å². The number of carbonyl (C=O) groups excluding carboxylic acids is 1. The normalized spacial score (nSPS) is 15.2. The maximum atomic E-state index is 11.9. The number of aliphatic imine (C=N–C) groups is 1. The monoisotopic (exact) mass is 350 g/mol. The van der Waals surface area contributed by atoms with Gasteiger partial charge in [-0.3, -0.25) is 10.1 Å². The van der Waals surface area contributed by atoms with E-state index in [1.807, 2.05) is 0 Å². The molecule has 1 aliphatic heterocycles. The molecular formula is C18H10N2O6. The molecule has 0 radical (unpaired) electrons. The van der Waals surface area contributed by atoms with Crippen molar-refractivity contribution < 1.29 is 23.3 Å². The lowest BCUT2D eigenvalue weighted by molar-refractivity contribution is -0.384. The van der Waals surface area contributed by atoms with E-state index in [0.717, 1.165) is 0 Å². The minimum absolute atomic E-state index is 0.0415. The first-order valence-electron chi connectivity index (χ1n) is 7.52. The molecule has 3 heterocycles. The number of nitro groups is 1. The number of benzene rings is 1. The van der Waals surface area contributed by atoms with Gasteiger partial charge in [-0.1, -0.05) is 12.1 Å². The van der Waals surface area contributed by atoms with Crippen LogP contribution in [0.15, 0.2) is 74.3 Å². The first-order chi connectivity index (χ1) is 12.6. The maximum absolute atomic E-state index is 11.9. The number of nitro benzene ring substituents is 1. The highest BCUT2D eigenvalue weighted by Crippen LogP contribution is 2.31. The summed E-state index contributed by atoms with van der Waals surface area (Å²) in [5.74, 6) is 0.388. The fraction of sp³-hybridized carbons (Fsp3) is 0. The van der Waals surface area contributed by atoms with Crippen molar-refractivity contribution in [3.63, 3.8) is 0 Å². The van der Waals surface area contributed by atoms with Crippen molar-refractivity contribution in [1.82, 2.24) is 0 Å². The van der Waals surface area contributed by atoms with Gasteiger partial charge in [-0.2, -0.15) is 0 Å². The molecule has 0 spiro atoms. The molecule has 0 saturated heterocycles. The van der Waals surface area contributed by atoms with E-state index in [1.165, 1.54) is 18.4 Å². The minimum atomic E-state index is -0.639. The lowest BCUT2D eigenvalue weighted by Gasteiger charge is -1.98. The predicted octanol–water partition coefficient (Wildman–Crippen LogP) is 3.79. The number of carbonyl (C=O) groups is 1. The van der Waals surface area contributed by atoms with Gasteiger partial charge in [0.15, 0.2) is 11.5 Å². The smallest absolute Gasteiger partial charge is 0.364 e. The van der Waals surface area contributed by atoms with Gasteiger partial charge in [-0.05, 0) is 30.3 Å². The Balaban J connectivity index is 1.66. The molecular weight excluding hydrogens is 340 g/mol. The molecule has 2 aromatic heterocycles. The average molecular weight is 350 g/mol. The van der Waals surface area contributed by atoms with Crippen LogP contribution in [0, 0.1) is 10.1 Å². The highest BCUT2D eigenvalue weighted by atomic mass is 16.6. The largest absolute Gasteiger partial charge is 0.459 e. The van der Waals surface area contributed by atoms with Crippen LogP contribution in [0.4, 0.5) is 5.69 Å². The molecule has 0 unspecified atom stereocenters. The van der Waals surface area contributed by atoms with Gasteiger partial charge in [0.25, 0.3) is 11.6 Å². The number of furan rings is 2. The molecule has 4 rings (SSSR count). The summed E-state index contributed by atoms with van der Waals surface area (Å²) in [6.07, 6.45) is 2.84. The number of esters is 1. The van der Waals surface area contributed by atoms with Crippen molar-refractivity contribution in [1.29, 1.82) is 0 Å². The summed E-state index contributed by atoms with van der Waals surface area (Å²) in [5.41, 5.74) is 0.315. The Morgan fingerprint density at radius 1 is 1.04 bits per heavy atom. The van der Waals surface area contributed by atoms with Crippen LogP contribution in [0.2, 0.25) is 0 Å². The molecule has 0 bridgehead atoms.